The number of nitrogens with one attached hydrogen (secondary N) is 4. The Morgan fingerprint density at radius 2 is 2.07 bits per heavy atom. The Morgan fingerprint density at radius 3 is 2.64 bits per heavy atom. The van der Waals surface area contributed by atoms with E-state index in [1.54, 1.807) is 24.1 Å². The molecule has 28 heavy (non-hydrogen) atoms. The highest BCUT2D eigenvalue weighted by Gasteiger charge is 2.36. The summed E-state index contributed by atoms with van der Waals surface area (Å²) in [6.45, 7) is 0.451. The minimum absolute atomic E-state index is 0.107. The van der Waals surface area contributed by atoms with Crippen molar-refractivity contribution in [1.29, 1.82) is 0 Å². The molecule has 4 N–H and O–H groups in total. The molecule has 1 aliphatic heterocycles. The summed E-state index contributed by atoms with van der Waals surface area (Å²) >= 11 is 4.60. The second-order valence-corrected chi connectivity index (χ2v) is 9.31. The number of rotatable bonds is 8. The van der Waals surface area contributed by atoms with Crippen molar-refractivity contribution < 1.29 is 19.2 Å². The zero-order valence-corrected chi connectivity index (χ0v) is 17.7. The van der Waals surface area contributed by atoms with Crippen LogP contribution in [-0.2, 0) is 9.59 Å². The average Bonchev–Trinajstić information content (AvgIpc) is 3.26. The van der Waals surface area contributed by atoms with E-state index in [-0.39, 0.29) is 42.9 Å². The number of hydrogen-bond acceptors (Lipinski definition) is 5. The smallest absolute Gasteiger partial charge is 0.315 e. The van der Waals surface area contributed by atoms with E-state index in [1.807, 2.05) is 0 Å². The van der Waals surface area contributed by atoms with Crippen molar-refractivity contribution >= 4 is 51.0 Å². The molecule has 3 rings (SSSR count). The summed E-state index contributed by atoms with van der Waals surface area (Å²) in [4.78, 5) is 50.1. The first-order valence-electron chi connectivity index (χ1n) is 8.96. The lowest BCUT2D eigenvalue weighted by molar-refractivity contribution is -0.132. The van der Waals surface area contributed by atoms with Crippen LogP contribution in [0.25, 0.3) is 0 Å². The fourth-order valence-corrected chi connectivity index (χ4v) is 4.33. The molecule has 1 saturated heterocycles. The lowest BCUT2D eigenvalue weighted by Gasteiger charge is -2.29. The van der Waals surface area contributed by atoms with Crippen molar-refractivity contribution in [3.63, 3.8) is 0 Å². The molecule has 0 radical (unpaired) electrons. The normalized spacial score (nSPS) is 19.4. The molecular weight excluding hydrogens is 450 g/mol. The second kappa shape index (κ2) is 8.91. The lowest BCUT2D eigenvalue weighted by Crippen LogP contribution is -2.51. The average molecular weight is 472 g/mol. The first kappa shape index (κ1) is 20.6. The van der Waals surface area contributed by atoms with Crippen LogP contribution in [0.4, 0.5) is 4.79 Å². The Balaban J connectivity index is 1.48. The van der Waals surface area contributed by atoms with E-state index in [0.717, 1.165) is 16.6 Å². The predicted molar refractivity (Wildman–Crippen MR) is 107 cm³/mol. The molecule has 1 unspecified atom stereocenters. The molecule has 1 aliphatic carbocycles. The highest BCUT2D eigenvalue weighted by molar-refractivity contribution is 9.11. The molecule has 152 valence electrons. The maximum Gasteiger partial charge on any atom is 0.315 e. The summed E-state index contributed by atoms with van der Waals surface area (Å²) in [5, 5.41) is 10.5. The molecule has 9 nitrogen and oxygen atoms in total. The van der Waals surface area contributed by atoms with Gasteiger partial charge < -0.3 is 26.2 Å². The first-order chi connectivity index (χ1) is 13.3. The summed E-state index contributed by atoms with van der Waals surface area (Å²) in [5.41, 5.74) is 0. The number of likely N-dealkylation sites (N-methyl/N-ethyl adjacent to an activating group) is 1. The van der Waals surface area contributed by atoms with Gasteiger partial charge in [-0.2, -0.15) is 0 Å². The van der Waals surface area contributed by atoms with Crippen molar-refractivity contribution in [2.45, 2.75) is 24.9 Å². The van der Waals surface area contributed by atoms with Crippen molar-refractivity contribution in [3.05, 3.63) is 20.8 Å². The van der Waals surface area contributed by atoms with Crippen LogP contribution in [0, 0.1) is 5.92 Å². The molecule has 1 saturated carbocycles. The van der Waals surface area contributed by atoms with Gasteiger partial charge in [-0.25, -0.2) is 4.79 Å². The quantitative estimate of drug-likeness (QED) is 0.435. The third kappa shape index (κ3) is 5.22. The third-order valence-corrected chi connectivity index (χ3v) is 6.45. The van der Waals surface area contributed by atoms with Gasteiger partial charge in [-0.15, -0.1) is 11.3 Å². The molecule has 2 aliphatic rings. The van der Waals surface area contributed by atoms with Crippen LogP contribution >= 0.6 is 27.3 Å². The number of urea groups is 1. The van der Waals surface area contributed by atoms with Crippen LogP contribution in [0.2, 0.25) is 0 Å². The highest BCUT2D eigenvalue weighted by Crippen LogP contribution is 2.34. The summed E-state index contributed by atoms with van der Waals surface area (Å²) in [6, 6.07) is 2.37. The van der Waals surface area contributed by atoms with E-state index in [9.17, 15) is 19.2 Å². The molecule has 5 amide bonds. The van der Waals surface area contributed by atoms with E-state index in [1.165, 1.54) is 11.3 Å². The van der Waals surface area contributed by atoms with Gasteiger partial charge in [-0.3, -0.25) is 14.4 Å². The number of carbonyl (C=O) groups is 4. The minimum atomic E-state index is -0.599. The first-order valence-corrected chi connectivity index (χ1v) is 10.6. The predicted octanol–water partition coefficient (Wildman–Crippen LogP) is 0.275. The van der Waals surface area contributed by atoms with Gasteiger partial charge in [-0.1, -0.05) is 0 Å². The summed E-state index contributed by atoms with van der Waals surface area (Å²) < 4.78 is 0.847. The van der Waals surface area contributed by atoms with E-state index >= 15 is 0 Å². The standard InChI is InChI=1S/C17H22BrN5O4S/c1-23(14(24)8-20-16(26)12-4-5-13(18)28-12)11(9-2-3-9)7-19-15(25)10-6-21-17(27)22-10/h4-5,9-11H,2-3,6-8H2,1H3,(H,19,25)(H,20,26)(H2,21,22,27)/t10-,11?/m0/s1. The maximum atomic E-state index is 12.5. The number of nitrogens with zero attached hydrogens (tertiary/aromatic N) is 1. The van der Waals surface area contributed by atoms with Gasteiger partial charge in [0.1, 0.15) is 6.04 Å². The molecular formula is C17H22BrN5O4S. The topological polar surface area (TPSA) is 120 Å². The zero-order valence-electron chi connectivity index (χ0n) is 15.3. The molecule has 11 heteroatoms. The number of amides is 5. The van der Waals surface area contributed by atoms with Crippen LogP contribution in [0.5, 0.6) is 0 Å². The second-order valence-electron chi connectivity index (χ2n) is 6.85. The fraction of sp³-hybridized carbons (Fsp3) is 0.529. The Bertz CT molecular complexity index is 781. The Kier molecular flexibility index (Phi) is 6.55. The summed E-state index contributed by atoms with van der Waals surface area (Å²) in [6.07, 6.45) is 1.99. The highest BCUT2D eigenvalue weighted by atomic mass is 79.9. The van der Waals surface area contributed by atoms with Gasteiger partial charge in [0.05, 0.1) is 21.3 Å². The van der Waals surface area contributed by atoms with Crippen LogP contribution in [-0.4, -0.2) is 67.4 Å². The van der Waals surface area contributed by atoms with Crippen LogP contribution < -0.4 is 21.3 Å². The Labute approximate surface area is 174 Å². The van der Waals surface area contributed by atoms with E-state index in [4.69, 9.17) is 0 Å². The monoisotopic (exact) mass is 471 g/mol. The van der Waals surface area contributed by atoms with Crippen LogP contribution in [0.15, 0.2) is 15.9 Å². The number of carbonyl (C=O) groups excluding carboxylic acids is 4. The molecule has 2 fully saturated rings. The minimum Gasteiger partial charge on any atom is -0.352 e. The molecule has 0 aromatic carbocycles. The van der Waals surface area contributed by atoms with Gasteiger partial charge in [0.25, 0.3) is 5.91 Å². The third-order valence-electron chi connectivity index (χ3n) is 4.83. The number of hydrogen-bond donors (Lipinski definition) is 4. The van der Waals surface area contributed by atoms with E-state index < -0.39 is 6.04 Å². The van der Waals surface area contributed by atoms with Crippen molar-refractivity contribution in [1.82, 2.24) is 26.2 Å². The van der Waals surface area contributed by atoms with Gasteiger partial charge in [0.15, 0.2) is 0 Å². The molecule has 0 spiro atoms. The molecule has 1 aromatic heterocycles. The summed E-state index contributed by atoms with van der Waals surface area (Å²) in [5.74, 6) is -0.458. The number of thiophene rings is 1. The number of halogens is 1. The van der Waals surface area contributed by atoms with Crippen molar-refractivity contribution in [3.8, 4) is 0 Å². The van der Waals surface area contributed by atoms with Crippen molar-refractivity contribution in [2.24, 2.45) is 5.92 Å². The zero-order chi connectivity index (χ0) is 20.3. The molecule has 1 aromatic rings. The maximum absolute atomic E-state index is 12.5. The fourth-order valence-electron chi connectivity index (χ4n) is 3.03. The largest absolute Gasteiger partial charge is 0.352 e. The van der Waals surface area contributed by atoms with Crippen LogP contribution in [0.3, 0.4) is 0 Å². The van der Waals surface area contributed by atoms with Gasteiger partial charge in [-0.05, 0) is 46.8 Å². The Morgan fingerprint density at radius 1 is 1.32 bits per heavy atom. The summed E-state index contributed by atoms with van der Waals surface area (Å²) in [7, 11) is 1.68. The SMILES string of the molecule is CN(C(=O)CNC(=O)c1ccc(Br)s1)C(CNC(=O)[C@@H]1CNC(=O)N1)C1CC1. The Hall–Kier alpha value is -2.14. The van der Waals surface area contributed by atoms with Gasteiger partial charge in [0, 0.05) is 20.1 Å². The molecule has 0 bridgehead atoms. The van der Waals surface area contributed by atoms with E-state index in [0.29, 0.717) is 17.3 Å². The van der Waals surface area contributed by atoms with Gasteiger partial charge >= 0.3 is 6.03 Å². The molecule has 2 heterocycles. The lowest BCUT2D eigenvalue weighted by atomic mass is 10.1. The van der Waals surface area contributed by atoms with Gasteiger partial charge in [0.2, 0.25) is 11.8 Å². The van der Waals surface area contributed by atoms with E-state index in [2.05, 4.69) is 37.2 Å². The van der Waals surface area contributed by atoms with Crippen molar-refractivity contribution in [2.75, 3.05) is 26.7 Å². The van der Waals surface area contributed by atoms with Crippen LogP contribution in [0.1, 0.15) is 22.5 Å². The molecule has 2 atom stereocenters.